The highest BCUT2D eigenvalue weighted by Crippen LogP contribution is 2.39. The van der Waals surface area contributed by atoms with Crippen molar-refractivity contribution in [2.75, 3.05) is 26.2 Å². The second-order valence-corrected chi connectivity index (χ2v) is 8.65. The lowest BCUT2D eigenvalue weighted by Gasteiger charge is -2.22. The van der Waals surface area contributed by atoms with Gasteiger partial charge in [0.15, 0.2) is 0 Å². The first-order chi connectivity index (χ1) is 10.9. The fourth-order valence-electron chi connectivity index (χ4n) is 3.11. The normalized spacial score (nSPS) is 25.9. The van der Waals surface area contributed by atoms with Crippen LogP contribution in [0.1, 0.15) is 25.3 Å². The van der Waals surface area contributed by atoms with E-state index in [4.69, 9.17) is 0 Å². The zero-order chi connectivity index (χ0) is 16.6. The summed E-state index contributed by atoms with van der Waals surface area (Å²) in [6, 6.07) is 6.94. The van der Waals surface area contributed by atoms with Gasteiger partial charge < -0.3 is 4.90 Å². The van der Waals surface area contributed by atoms with E-state index in [1.165, 1.54) is 4.31 Å². The number of sulfonamides is 1. The molecule has 23 heavy (non-hydrogen) atoms. The zero-order valence-electron chi connectivity index (χ0n) is 13.7. The molecule has 1 aromatic carbocycles. The summed E-state index contributed by atoms with van der Waals surface area (Å²) in [6.07, 6.45) is 1.67. The Labute approximate surface area is 138 Å². The fraction of sp³-hybridized carbons (Fsp3) is 0.588. The highest BCUT2D eigenvalue weighted by molar-refractivity contribution is 7.89. The van der Waals surface area contributed by atoms with Crippen molar-refractivity contribution in [3.63, 3.8) is 0 Å². The number of carbonyl (C=O) groups excluding carboxylic acids is 1. The molecule has 0 bridgehead atoms. The first-order valence-electron chi connectivity index (χ1n) is 8.25. The van der Waals surface area contributed by atoms with Crippen LogP contribution in [0.25, 0.3) is 0 Å². The topological polar surface area (TPSA) is 57.7 Å². The minimum absolute atomic E-state index is 0.162. The quantitative estimate of drug-likeness (QED) is 0.847. The van der Waals surface area contributed by atoms with E-state index in [0.29, 0.717) is 43.4 Å². The van der Waals surface area contributed by atoms with Crippen LogP contribution in [0, 0.1) is 18.8 Å². The highest BCUT2D eigenvalue weighted by atomic mass is 32.2. The molecule has 0 N–H and O–H groups in total. The number of hydrogen-bond acceptors (Lipinski definition) is 3. The average molecular weight is 336 g/mol. The van der Waals surface area contributed by atoms with Crippen LogP contribution in [-0.2, 0) is 14.8 Å². The van der Waals surface area contributed by atoms with Crippen molar-refractivity contribution in [3.05, 3.63) is 29.8 Å². The minimum Gasteiger partial charge on any atom is -0.341 e. The van der Waals surface area contributed by atoms with Gasteiger partial charge in [0.2, 0.25) is 15.9 Å². The smallest absolute Gasteiger partial charge is 0.243 e. The minimum atomic E-state index is -3.47. The Morgan fingerprint density at radius 3 is 2.35 bits per heavy atom. The average Bonchev–Trinajstić information content (AvgIpc) is 3.28. The van der Waals surface area contributed by atoms with Crippen LogP contribution in [0.3, 0.4) is 0 Å². The number of benzene rings is 1. The molecule has 1 aromatic rings. The van der Waals surface area contributed by atoms with Crippen molar-refractivity contribution in [2.24, 2.45) is 11.8 Å². The van der Waals surface area contributed by atoms with Gasteiger partial charge in [0.25, 0.3) is 0 Å². The summed E-state index contributed by atoms with van der Waals surface area (Å²) >= 11 is 0. The summed E-state index contributed by atoms with van der Waals surface area (Å²) in [5.74, 6) is 0.848. The largest absolute Gasteiger partial charge is 0.341 e. The number of hydrogen-bond donors (Lipinski definition) is 0. The first kappa shape index (κ1) is 16.5. The van der Waals surface area contributed by atoms with E-state index >= 15 is 0 Å². The molecule has 0 aromatic heterocycles. The summed E-state index contributed by atoms with van der Waals surface area (Å²) in [6.45, 7) is 6.03. The predicted octanol–water partition coefficient (Wildman–Crippen LogP) is 1.87. The van der Waals surface area contributed by atoms with E-state index in [-0.39, 0.29) is 11.8 Å². The van der Waals surface area contributed by atoms with Crippen molar-refractivity contribution < 1.29 is 13.2 Å². The third-order valence-corrected chi connectivity index (χ3v) is 6.76. The van der Waals surface area contributed by atoms with Crippen LogP contribution in [-0.4, -0.2) is 49.7 Å². The van der Waals surface area contributed by atoms with Gasteiger partial charge in [-0.15, -0.1) is 0 Å². The number of aryl methyl sites for hydroxylation is 1. The van der Waals surface area contributed by atoms with Gasteiger partial charge in [-0.25, -0.2) is 8.42 Å². The first-order valence-corrected chi connectivity index (χ1v) is 9.69. The van der Waals surface area contributed by atoms with Crippen LogP contribution in [0.2, 0.25) is 0 Å². The summed E-state index contributed by atoms with van der Waals surface area (Å²) in [5, 5.41) is 0. The van der Waals surface area contributed by atoms with Gasteiger partial charge in [0.1, 0.15) is 0 Å². The lowest BCUT2D eigenvalue weighted by Crippen LogP contribution is -2.38. The number of rotatable bonds is 3. The van der Waals surface area contributed by atoms with Crippen molar-refractivity contribution >= 4 is 15.9 Å². The molecule has 6 heteroatoms. The number of amides is 1. The van der Waals surface area contributed by atoms with E-state index in [1.54, 1.807) is 12.1 Å². The third kappa shape index (κ3) is 3.43. The zero-order valence-corrected chi connectivity index (χ0v) is 14.6. The fourth-order valence-corrected chi connectivity index (χ4v) is 4.58. The van der Waals surface area contributed by atoms with Crippen LogP contribution in [0.5, 0.6) is 0 Å². The summed E-state index contributed by atoms with van der Waals surface area (Å²) in [4.78, 5) is 14.5. The third-order valence-electron chi connectivity index (χ3n) is 4.85. The molecule has 5 nitrogen and oxygen atoms in total. The molecule has 0 unspecified atom stereocenters. The predicted molar refractivity (Wildman–Crippen MR) is 88.4 cm³/mol. The van der Waals surface area contributed by atoms with Gasteiger partial charge in [-0.2, -0.15) is 4.31 Å². The van der Waals surface area contributed by atoms with Crippen molar-refractivity contribution in [2.45, 2.75) is 31.6 Å². The molecule has 126 valence electrons. The van der Waals surface area contributed by atoms with Gasteiger partial charge in [0.05, 0.1) is 4.90 Å². The second-order valence-electron chi connectivity index (χ2n) is 6.72. The van der Waals surface area contributed by atoms with Crippen LogP contribution < -0.4 is 0 Å². The van der Waals surface area contributed by atoms with E-state index in [2.05, 4.69) is 6.92 Å². The SMILES string of the molecule is Cc1ccc(S(=O)(=O)N2CCCN(C(=O)[C@H]3C[C@H]3C)CC2)cc1. The maximum atomic E-state index is 12.7. The molecular formula is C17H24N2O3S. The summed E-state index contributed by atoms with van der Waals surface area (Å²) in [5.41, 5.74) is 1.04. The van der Waals surface area contributed by atoms with E-state index in [0.717, 1.165) is 12.0 Å². The standard InChI is InChI=1S/C17H24N2O3S/c1-13-4-6-15(7-5-13)23(21,22)19-9-3-8-18(10-11-19)17(20)16-12-14(16)2/h4-7,14,16H,3,8-12H2,1-2H3/t14-,16+/m1/s1. The van der Waals surface area contributed by atoms with Gasteiger partial charge in [-0.05, 0) is 37.8 Å². The maximum Gasteiger partial charge on any atom is 0.243 e. The summed E-state index contributed by atoms with van der Waals surface area (Å²) < 4.78 is 27.0. The molecule has 1 heterocycles. The molecule has 1 aliphatic carbocycles. The van der Waals surface area contributed by atoms with Crippen LogP contribution in [0.4, 0.5) is 0 Å². The summed E-state index contributed by atoms with van der Waals surface area (Å²) in [7, 11) is -3.47. The van der Waals surface area contributed by atoms with Crippen molar-refractivity contribution in [3.8, 4) is 0 Å². The van der Waals surface area contributed by atoms with E-state index < -0.39 is 10.0 Å². The van der Waals surface area contributed by atoms with Crippen LogP contribution >= 0.6 is 0 Å². The van der Waals surface area contributed by atoms with Gasteiger partial charge in [0, 0.05) is 32.1 Å². The molecule has 3 rings (SSSR count). The molecule has 2 fully saturated rings. The molecule has 1 aliphatic heterocycles. The van der Waals surface area contributed by atoms with Gasteiger partial charge >= 0.3 is 0 Å². The molecule has 0 radical (unpaired) electrons. The number of carbonyl (C=O) groups is 1. The second kappa shape index (κ2) is 6.24. The highest BCUT2D eigenvalue weighted by Gasteiger charge is 2.42. The molecule has 0 spiro atoms. The Balaban J connectivity index is 1.69. The van der Waals surface area contributed by atoms with Gasteiger partial charge in [-0.1, -0.05) is 24.6 Å². The number of nitrogens with zero attached hydrogens (tertiary/aromatic N) is 2. The Bertz CT molecular complexity index is 684. The van der Waals surface area contributed by atoms with Gasteiger partial charge in [-0.3, -0.25) is 4.79 Å². The molecule has 2 aliphatic rings. The molecular weight excluding hydrogens is 312 g/mol. The van der Waals surface area contributed by atoms with E-state index in [1.807, 2.05) is 24.0 Å². The molecule has 2 atom stereocenters. The molecule has 1 saturated carbocycles. The monoisotopic (exact) mass is 336 g/mol. The maximum absolute atomic E-state index is 12.7. The lowest BCUT2D eigenvalue weighted by molar-refractivity contribution is -0.132. The Kier molecular flexibility index (Phi) is 4.47. The molecule has 1 saturated heterocycles. The Hall–Kier alpha value is -1.40. The lowest BCUT2D eigenvalue weighted by atomic mass is 10.2. The van der Waals surface area contributed by atoms with Crippen LogP contribution in [0.15, 0.2) is 29.2 Å². The Morgan fingerprint density at radius 2 is 1.74 bits per heavy atom. The van der Waals surface area contributed by atoms with E-state index in [9.17, 15) is 13.2 Å². The molecule has 1 amide bonds. The van der Waals surface area contributed by atoms with Crippen molar-refractivity contribution in [1.29, 1.82) is 0 Å². The Morgan fingerprint density at radius 1 is 1.09 bits per heavy atom. The van der Waals surface area contributed by atoms with Crippen molar-refractivity contribution in [1.82, 2.24) is 9.21 Å².